The Morgan fingerprint density at radius 2 is 1.69 bits per heavy atom. The zero-order valence-electron chi connectivity index (χ0n) is 7.08. The summed E-state index contributed by atoms with van der Waals surface area (Å²) in [5, 5.41) is 0.0460. The molecule has 0 unspecified atom stereocenters. The molecule has 0 aliphatic heterocycles. The van der Waals surface area contributed by atoms with Crippen molar-refractivity contribution in [3.8, 4) is 0 Å². The van der Waals surface area contributed by atoms with Crippen LogP contribution in [0.4, 0.5) is 5.95 Å². The summed E-state index contributed by atoms with van der Waals surface area (Å²) in [5.41, 5.74) is 2.49. The van der Waals surface area contributed by atoms with Gasteiger partial charge in [0.05, 0.1) is 6.10 Å². The highest BCUT2D eigenvalue weighted by molar-refractivity contribution is 6.31. The van der Waals surface area contributed by atoms with Gasteiger partial charge in [0.1, 0.15) is 0 Å². The zero-order valence-corrected chi connectivity index (χ0v) is 8.60. The lowest BCUT2D eigenvalue weighted by atomic mass is 10.5. The molecule has 0 aliphatic rings. The Hall–Kier alpha value is -0.650. The third-order valence-electron chi connectivity index (χ3n) is 0.967. The molecule has 1 aromatic rings. The summed E-state index contributed by atoms with van der Waals surface area (Å²) < 4.78 is 0. The molecule has 0 radical (unpaired) electrons. The molecule has 72 valence electrons. The first kappa shape index (κ1) is 10.4. The standard InChI is InChI=1S/C6H8Cl2N4O/c1-3(2)13-12-6-10-4(7)9-5(8)11-6/h3H,1-2H3,(H,9,10,11,12). The van der Waals surface area contributed by atoms with Gasteiger partial charge in [0.25, 0.3) is 5.95 Å². The van der Waals surface area contributed by atoms with E-state index in [1.807, 2.05) is 13.8 Å². The topological polar surface area (TPSA) is 59.9 Å². The van der Waals surface area contributed by atoms with Gasteiger partial charge in [-0.25, -0.2) is 5.48 Å². The van der Waals surface area contributed by atoms with Gasteiger partial charge in [0.15, 0.2) is 0 Å². The maximum absolute atomic E-state index is 5.52. The van der Waals surface area contributed by atoms with Crippen LogP contribution in [-0.2, 0) is 4.84 Å². The van der Waals surface area contributed by atoms with E-state index < -0.39 is 0 Å². The van der Waals surface area contributed by atoms with Crippen LogP contribution in [0, 0.1) is 0 Å². The van der Waals surface area contributed by atoms with E-state index in [0.29, 0.717) is 0 Å². The summed E-state index contributed by atoms with van der Waals surface area (Å²) in [6.07, 6.45) is 0.00863. The Morgan fingerprint density at radius 3 is 2.15 bits per heavy atom. The highest BCUT2D eigenvalue weighted by Gasteiger charge is 2.03. The molecule has 7 heteroatoms. The van der Waals surface area contributed by atoms with E-state index in [1.165, 1.54) is 0 Å². The van der Waals surface area contributed by atoms with Crippen LogP contribution < -0.4 is 5.48 Å². The summed E-state index contributed by atoms with van der Waals surface area (Å²) in [6.45, 7) is 3.72. The smallest absolute Gasteiger partial charge is 0.252 e. The molecule has 0 saturated carbocycles. The molecule has 0 spiro atoms. The van der Waals surface area contributed by atoms with Crippen molar-refractivity contribution in [1.82, 2.24) is 15.0 Å². The minimum Gasteiger partial charge on any atom is -0.271 e. The molecule has 1 rings (SSSR count). The number of nitrogens with zero attached hydrogens (tertiary/aromatic N) is 3. The van der Waals surface area contributed by atoms with Crippen molar-refractivity contribution in [3.05, 3.63) is 10.6 Å². The SMILES string of the molecule is CC(C)ONc1nc(Cl)nc(Cl)n1. The molecule has 1 aromatic heterocycles. The number of hydrogen-bond donors (Lipinski definition) is 1. The minimum absolute atomic E-state index is 0.00863. The maximum atomic E-state index is 5.52. The zero-order chi connectivity index (χ0) is 9.84. The molecule has 0 atom stereocenters. The summed E-state index contributed by atoms with van der Waals surface area (Å²) in [5.74, 6) is 0.193. The first-order valence-corrected chi connectivity index (χ1v) is 4.32. The van der Waals surface area contributed by atoms with Gasteiger partial charge in [-0.1, -0.05) is 0 Å². The van der Waals surface area contributed by atoms with E-state index in [2.05, 4.69) is 20.4 Å². The first-order valence-electron chi connectivity index (χ1n) is 3.56. The van der Waals surface area contributed by atoms with Crippen molar-refractivity contribution in [3.63, 3.8) is 0 Å². The lowest BCUT2D eigenvalue weighted by Gasteiger charge is -2.07. The number of rotatable bonds is 3. The number of hydrogen-bond acceptors (Lipinski definition) is 5. The highest BCUT2D eigenvalue weighted by Crippen LogP contribution is 2.09. The first-order chi connectivity index (χ1) is 6.08. The third-order valence-corrected chi connectivity index (χ3v) is 1.30. The fourth-order valence-electron chi connectivity index (χ4n) is 0.542. The van der Waals surface area contributed by atoms with Crippen molar-refractivity contribution in [2.45, 2.75) is 20.0 Å². The number of aromatic nitrogens is 3. The van der Waals surface area contributed by atoms with Crippen LogP contribution in [0.25, 0.3) is 0 Å². The molecule has 13 heavy (non-hydrogen) atoms. The normalized spacial score (nSPS) is 10.5. The van der Waals surface area contributed by atoms with Gasteiger partial charge >= 0.3 is 0 Å². The molecular weight excluding hydrogens is 215 g/mol. The Morgan fingerprint density at radius 1 is 1.15 bits per heavy atom. The molecule has 1 heterocycles. The summed E-state index contributed by atoms with van der Waals surface area (Å²) in [7, 11) is 0. The van der Waals surface area contributed by atoms with E-state index >= 15 is 0 Å². The fraction of sp³-hybridized carbons (Fsp3) is 0.500. The molecule has 0 fully saturated rings. The van der Waals surface area contributed by atoms with Crippen LogP contribution in [-0.4, -0.2) is 21.1 Å². The summed E-state index contributed by atoms with van der Waals surface area (Å²) in [6, 6.07) is 0. The fourth-order valence-corrected chi connectivity index (χ4v) is 0.906. The average molecular weight is 223 g/mol. The average Bonchev–Trinajstić information content (AvgIpc) is 1.99. The Balaban J connectivity index is 2.66. The van der Waals surface area contributed by atoms with Crippen LogP contribution in [0.5, 0.6) is 0 Å². The van der Waals surface area contributed by atoms with E-state index in [9.17, 15) is 0 Å². The van der Waals surface area contributed by atoms with Crippen molar-refractivity contribution in [2.24, 2.45) is 0 Å². The lowest BCUT2D eigenvalue weighted by molar-refractivity contribution is 0.128. The predicted molar refractivity (Wildman–Crippen MR) is 49.7 cm³/mol. The number of anilines is 1. The third kappa shape index (κ3) is 3.71. The molecule has 0 amide bonds. The maximum Gasteiger partial charge on any atom is 0.252 e. The lowest BCUT2D eigenvalue weighted by Crippen LogP contribution is -2.11. The Labute approximate surface area is 85.4 Å². The van der Waals surface area contributed by atoms with E-state index in [0.717, 1.165) is 0 Å². The van der Waals surface area contributed by atoms with Crippen molar-refractivity contribution >= 4 is 29.2 Å². The molecule has 0 aromatic carbocycles. The molecule has 1 N–H and O–H groups in total. The van der Waals surface area contributed by atoms with Crippen LogP contribution in [0.2, 0.25) is 10.6 Å². The van der Waals surface area contributed by atoms with E-state index in [1.54, 1.807) is 0 Å². The second-order valence-corrected chi connectivity index (χ2v) is 3.14. The summed E-state index contributed by atoms with van der Waals surface area (Å²) in [4.78, 5) is 16.0. The van der Waals surface area contributed by atoms with Crippen LogP contribution in [0.15, 0.2) is 0 Å². The van der Waals surface area contributed by atoms with Gasteiger partial charge in [0.2, 0.25) is 10.6 Å². The van der Waals surface area contributed by atoms with Gasteiger partial charge in [-0.2, -0.15) is 15.0 Å². The van der Waals surface area contributed by atoms with Crippen LogP contribution >= 0.6 is 23.2 Å². The number of halogens is 2. The van der Waals surface area contributed by atoms with Gasteiger partial charge in [-0.3, -0.25) is 4.84 Å². The van der Waals surface area contributed by atoms with E-state index in [4.69, 9.17) is 28.0 Å². The minimum atomic E-state index is 0.00863. The quantitative estimate of drug-likeness (QED) is 0.793. The van der Waals surface area contributed by atoms with E-state index in [-0.39, 0.29) is 22.6 Å². The van der Waals surface area contributed by atoms with Gasteiger partial charge in [-0.15, -0.1) is 0 Å². The largest absolute Gasteiger partial charge is 0.271 e. The van der Waals surface area contributed by atoms with Crippen molar-refractivity contribution in [1.29, 1.82) is 0 Å². The van der Waals surface area contributed by atoms with Crippen LogP contribution in [0.3, 0.4) is 0 Å². The van der Waals surface area contributed by atoms with Crippen molar-refractivity contribution < 1.29 is 4.84 Å². The highest BCUT2D eigenvalue weighted by atomic mass is 35.5. The summed E-state index contributed by atoms with van der Waals surface area (Å²) >= 11 is 11.0. The Bertz CT molecular complexity index is 274. The molecule has 5 nitrogen and oxygen atoms in total. The molecule has 0 saturated heterocycles. The van der Waals surface area contributed by atoms with Gasteiger partial charge in [0, 0.05) is 0 Å². The van der Waals surface area contributed by atoms with Gasteiger partial charge in [-0.05, 0) is 37.0 Å². The van der Waals surface area contributed by atoms with Gasteiger partial charge < -0.3 is 0 Å². The molecule has 0 bridgehead atoms. The number of nitrogens with one attached hydrogen (secondary N) is 1. The second-order valence-electron chi connectivity index (χ2n) is 2.47. The Kier molecular flexibility index (Phi) is 3.65. The second kappa shape index (κ2) is 4.55. The monoisotopic (exact) mass is 222 g/mol. The molecule has 0 aliphatic carbocycles. The van der Waals surface area contributed by atoms with Crippen LogP contribution in [0.1, 0.15) is 13.8 Å². The predicted octanol–water partition coefficient (Wildman–Crippen LogP) is 1.93. The van der Waals surface area contributed by atoms with Crippen molar-refractivity contribution in [2.75, 3.05) is 5.48 Å². The molecular formula is C6H8Cl2N4O.